The Balaban J connectivity index is 2.39. The van der Waals surface area contributed by atoms with Gasteiger partial charge in [-0.2, -0.15) is 5.26 Å². The van der Waals surface area contributed by atoms with Gasteiger partial charge in [0.15, 0.2) is 6.23 Å². The van der Waals surface area contributed by atoms with E-state index in [4.69, 9.17) is 10.00 Å². The summed E-state index contributed by atoms with van der Waals surface area (Å²) in [6, 6.07) is 1.62. The highest BCUT2D eigenvalue weighted by Crippen LogP contribution is 2.32. The molecule has 0 saturated carbocycles. The second-order valence-electron chi connectivity index (χ2n) is 5.00. The number of nitrogens with one attached hydrogen (secondary N) is 1. The molecule has 1 aromatic rings. The first kappa shape index (κ1) is 18.5. The molecule has 0 bridgehead atoms. The van der Waals surface area contributed by atoms with Crippen LogP contribution in [0.1, 0.15) is 17.5 Å². The fourth-order valence-electron chi connectivity index (χ4n) is 2.27. The molecule has 1 saturated heterocycles. The van der Waals surface area contributed by atoms with E-state index in [1.54, 1.807) is 6.07 Å². The molecule has 1 aliphatic rings. The van der Waals surface area contributed by atoms with Crippen molar-refractivity contribution >= 4 is 7.82 Å². The lowest BCUT2D eigenvalue weighted by Crippen LogP contribution is -2.40. The van der Waals surface area contributed by atoms with Crippen LogP contribution in [0.5, 0.6) is 0 Å². The van der Waals surface area contributed by atoms with E-state index in [2.05, 4.69) is 4.52 Å². The maximum absolute atomic E-state index is 11.9. The molecule has 132 valence electrons. The summed E-state index contributed by atoms with van der Waals surface area (Å²) in [5.74, 6) is 0. The van der Waals surface area contributed by atoms with E-state index in [1.165, 1.54) is 6.92 Å². The van der Waals surface area contributed by atoms with Crippen LogP contribution in [0, 0.1) is 18.3 Å². The minimum atomic E-state index is -5.34. The molecule has 24 heavy (non-hydrogen) atoms. The molecule has 2 heterocycles. The number of aliphatic hydroxyl groups excluding tert-OH is 2. The van der Waals surface area contributed by atoms with Gasteiger partial charge in [0.05, 0.1) is 14.4 Å². The molecule has 0 unspecified atom stereocenters. The van der Waals surface area contributed by atoms with Crippen LogP contribution in [0.15, 0.2) is 9.59 Å². The van der Waals surface area contributed by atoms with Crippen molar-refractivity contribution in [3.05, 3.63) is 32.1 Å². The Kier molecular flexibility index (Phi) is 5.07. The van der Waals surface area contributed by atoms with E-state index < -0.39 is 55.9 Å². The monoisotopic (exact) mass is 361 g/mol. The van der Waals surface area contributed by atoms with Gasteiger partial charge in [0.25, 0.3) is 5.56 Å². The standard InChI is InChI=1S/C11H14N3O9P/c1-4-5(2-12)14(11(18)13-9(4)17)10-8(16)7(15)6(23-10)3-22-24(19,20)21/h6-8,10,15-16H,3H2,1H3,(H,13,17,18)(H2,19,20,21)/p-2/t6-,7-,8-,10-/m1/s1. The zero-order chi connectivity index (χ0) is 18.2. The van der Waals surface area contributed by atoms with Gasteiger partial charge in [-0.05, 0) is 6.92 Å². The summed E-state index contributed by atoms with van der Waals surface area (Å²) in [6.07, 6.45) is -6.49. The number of ether oxygens (including phenoxy) is 1. The van der Waals surface area contributed by atoms with Crippen LogP contribution in [0.25, 0.3) is 0 Å². The lowest BCUT2D eigenvalue weighted by atomic mass is 10.1. The molecule has 2 rings (SSSR count). The number of hydrogen-bond acceptors (Lipinski definition) is 10. The Bertz CT molecular complexity index is 835. The lowest BCUT2D eigenvalue weighted by molar-refractivity contribution is -0.343. The van der Waals surface area contributed by atoms with E-state index in [9.17, 15) is 34.2 Å². The van der Waals surface area contributed by atoms with E-state index in [1.807, 2.05) is 4.98 Å². The van der Waals surface area contributed by atoms with Crippen molar-refractivity contribution in [3.63, 3.8) is 0 Å². The maximum atomic E-state index is 11.9. The van der Waals surface area contributed by atoms with Crippen LogP contribution < -0.4 is 21.0 Å². The summed E-state index contributed by atoms with van der Waals surface area (Å²) in [5.41, 5.74) is -2.40. The van der Waals surface area contributed by atoms with Crippen LogP contribution >= 0.6 is 7.82 Å². The van der Waals surface area contributed by atoms with Crippen LogP contribution in [0.4, 0.5) is 0 Å². The van der Waals surface area contributed by atoms with Crippen LogP contribution in [-0.4, -0.2) is 44.7 Å². The van der Waals surface area contributed by atoms with Crippen molar-refractivity contribution in [2.24, 2.45) is 0 Å². The maximum Gasteiger partial charge on any atom is 0.331 e. The molecule has 0 amide bonds. The number of nitriles is 1. The van der Waals surface area contributed by atoms with Gasteiger partial charge in [0.1, 0.15) is 30.1 Å². The predicted octanol–water partition coefficient (Wildman–Crippen LogP) is -3.82. The summed E-state index contributed by atoms with van der Waals surface area (Å²) in [6.45, 7) is 0.370. The smallest absolute Gasteiger partial charge is 0.331 e. The normalized spacial score (nSPS) is 27.2. The first-order chi connectivity index (χ1) is 11.1. The number of aromatic nitrogens is 2. The third kappa shape index (κ3) is 3.47. The second-order valence-corrected chi connectivity index (χ2v) is 6.16. The highest BCUT2D eigenvalue weighted by atomic mass is 31.2. The zero-order valence-electron chi connectivity index (χ0n) is 12.1. The third-order valence-electron chi connectivity index (χ3n) is 3.47. The van der Waals surface area contributed by atoms with Crippen LogP contribution in [0.2, 0.25) is 0 Å². The fraction of sp³-hybridized carbons (Fsp3) is 0.545. The second kappa shape index (κ2) is 6.58. The first-order valence-corrected chi connectivity index (χ1v) is 7.96. The number of rotatable bonds is 4. The van der Waals surface area contributed by atoms with Crippen molar-refractivity contribution < 1.29 is 33.8 Å². The van der Waals surface area contributed by atoms with E-state index in [-0.39, 0.29) is 5.56 Å². The number of H-pyrrole nitrogens is 1. The van der Waals surface area contributed by atoms with E-state index in [0.717, 1.165) is 0 Å². The molecule has 3 N–H and O–H groups in total. The van der Waals surface area contributed by atoms with Gasteiger partial charge < -0.3 is 33.8 Å². The zero-order valence-corrected chi connectivity index (χ0v) is 13.0. The van der Waals surface area contributed by atoms with Crippen molar-refractivity contribution in [1.82, 2.24) is 9.55 Å². The van der Waals surface area contributed by atoms with Crippen LogP contribution in [0.3, 0.4) is 0 Å². The quantitative estimate of drug-likeness (QED) is 0.446. The van der Waals surface area contributed by atoms with Gasteiger partial charge >= 0.3 is 5.69 Å². The van der Waals surface area contributed by atoms with Crippen LogP contribution in [-0.2, 0) is 13.8 Å². The number of phosphoric acid groups is 1. The Morgan fingerprint density at radius 1 is 1.42 bits per heavy atom. The topological polar surface area (TPSA) is 201 Å². The van der Waals surface area contributed by atoms with Crippen molar-refractivity contribution in [3.8, 4) is 6.07 Å². The average Bonchev–Trinajstić information content (AvgIpc) is 2.76. The molecule has 1 aliphatic heterocycles. The molecule has 0 radical (unpaired) electrons. The largest absolute Gasteiger partial charge is 0.790 e. The van der Waals surface area contributed by atoms with Crippen molar-refractivity contribution in [2.45, 2.75) is 31.5 Å². The third-order valence-corrected chi connectivity index (χ3v) is 3.94. The summed E-state index contributed by atoms with van der Waals surface area (Å²) in [5, 5.41) is 29.0. The minimum absolute atomic E-state index is 0.120. The number of hydrogen-bond donors (Lipinski definition) is 3. The Morgan fingerprint density at radius 3 is 2.58 bits per heavy atom. The van der Waals surface area contributed by atoms with Gasteiger partial charge in [-0.3, -0.25) is 14.3 Å². The first-order valence-electron chi connectivity index (χ1n) is 6.50. The molecule has 13 heteroatoms. The average molecular weight is 361 g/mol. The highest BCUT2D eigenvalue weighted by molar-refractivity contribution is 7.43. The summed E-state index contributed by atoms with van der Waals surface area (Å²) < 4.78 is 20.2. The fourth-order valence-corrected chi connectivity index (χ4v) is 2.60. The van der Waals surface area contributed by atoms with Gasteiger partial charge in [0, 0.05) is 5.56 Å². The summed E-state index contributed by atoms with van der Waals surface area (Å²) >= 11 is 0. The van der Waals surface area contributed by atoms with E-state index >= 15 is 0 Å². The molecule has 0 spiro atoms. The SMILES string of the molecule is Cc1c(C#N)n([C@@H]2O[C@H](COP(=O)([O-])[O-])[C@@H](O)[C@H]2O)c(=O)[nH]c1=O. The van der Waals surface area contributed by atoms with Gasteiger partial charge in [-0.1, -0.05) is 0 Å². The number of phosphoric ester groups is 1. The molecule has 1 aromatic heterocycles. The van der Waals surface area contributed by atoms with Gasteiger partial charge in [-0.15, -0.1) is 0 Å². The Hall–Kier alpha value is -1.84. The Morgan fingerprint density at radius 2 is 2.04 bits per heavy atom. The Labute approximate surface area is 133 Å². The van der Waals surface area contributed by atoms with Crippen molar-refractivity contribution in [2.75, 3.05) is 6.61 Å². The number of nitrogens with zero attached hydrogens (tertiary/aromatic N) is 2. The molecule has 12 nitrogen and oxygen atoms in total. The predicted molar refractivity (Wildman–Crippen MR) is 70.3 cm³/mol. The number of aliphatic hydroxyl groups is 2. The molecule has 0 aliphatic carbocycles. The molecule has 4 atom stereocenters. The summed E-state index contributed by atoms with van der Waals surface area (Å²) in [7, 11) is -5.34. The molecular formula is C11H12N3O9P-2. The summed E-state index contributed by atoms with van der Waals surface area (Å²) in [4.78, 5) is 46.3. The molecule has 1 fully saturated rings. The molecular weight excluding hydrogens is 349 g/mol. The molecule has 0 aromatic carbocycles. The minimum Gasteiger partial charge on any atom is -0.790 e. The highest BCUT2D eigenvalue weighted by Gasteiger charge is 2.45. The van der Waals surface area contributed by atoms with E-state index in [0.29, 0.717) is 4.57 Å². The lowest BCUT2D eigenvalue weighted by Gasteiger charge is -2.30. The number of aromatic amines is 1. The van der Waals surface area contributed by atoms with Crippen molar-refractivity contribution in [1.29, 1.82) is 5.26 Å². The van der Waals surface area contributed by atoms with Gasteiger partial charge in [0.2, 0.25) is 0 Å². The van der Waals surface area contributed by atoms with Gasteiger partial charge in [-0.25, -0.2) is 4.79 Å².